The van der Waals surface area contributed by atoms with E-state index in [-0.39, 0.29) is 74.1 Å². The van der Waals surface area contributed by atoms with E-state index < -0.39 is 0 Å². The minimum absolute atomic E-state index is 0. The summed E-state index contributed by atoms with van der Waals surface area (Å²) in [5, 5.41) is 0. The van der Waals surface area contributed by atoms with Crippen LogP contribution in [0.15, 0.2) is 74.9 Å². The molecule has 0 aromatic carbocycles. The summed E-state index contributed by atoms with van der Waals surface area (Å²) < 4.78 is 0. The first-order valence-electron chi connectivity index (χ1n) is 8.13. The topological polar surface area (TPSA) is 440 Å². The molecular formula is C15H18Fe4N16O9-4. The zero-order valence-corrected chi connectivity index (χ0v) is 26.1. The predicted octanol–water partition coefficient (Wildman–Crippen LogP) is -2.84. The maximum absolute atomic E-state index is 9.44. The Labute approximate surface area is 290 Å². The van der Waals surface area contributed by atoms with Crippen molar-refractivity contribution in [2.24, 2.45) is 0 Å². The molecule has 4 aromatic heterocycles. The molecule has 4 aromatic rings. The molecule has 4 rings (SSSR count). The molecule has 44 heavy (non-hydrogen) atoms. The van der Waals surface area contributed by atoms with Crippen LogP contribution < -0.4 is 64.7 Å². The molecule has 0 amide bonds. The number of nitrogens with zero attached hydrogens (tertiary/aromatic N) is 16. The van der Waals surface area contributed by atoms with Gasteiger partial charge in [0.05, 0.1) is 0 Å². The molecule has 0 aliphatic heterocycles. The summed E-state index contributed by atoms with van der Waals surface area (Å²) in [7, 11) is 0. The number of ketones is 1. The maximum Gasteiger partial charge on any atom is 0.126 e. The van der Waals surface area contributed by atoms with E-state index in [0.717, 1.165) is 0 Å². The van der Waals surface area contributed by atoms with Gasteiger partial charge in [-0.15, -0.1) is 39.3 Å². The van der Waals surface area contributed by atoms with Gasteiger partial charge in [0.15, 0.2) is 0 Å². The van der Waals surface area contributed by atoms with Gasteiger partial charge in [0.1, 0.15) is 50.5 Å². The third kappa shape index (κ3) is 209. The van der Waals surface area contributed by atoms with Crippen molar-refractivity contribution >= 4 is 5.78 Å². The summed E-state index contributed by atoms with van der Waals surface area (Å²) in [5.74, 6) is 0.167. The number of imidazole rings is 4. The van der Waals surface area contributed by atoms with Gasteiger partial charge in [0.25, 0.3) is 0 Å². The van der Waals surface area contributed by atoms with Crippen LogP contribution in [0.5, 0.6) is 0 Å². The van der Waals surface area contributed by atoms with E-state index in [1.165, 1.54) is 39.2 Å². The van der Waals surface area contributed by atoms with Gasteiger partial charge in [-0.1, -0.05) is 74.9 Å². The van der Waals surface area contributed by atoms with E-state index in [9.17, 15) is 4.79 Å². The van der Waals surface area contributed by atoms with E-state index in [1.807, 2.05) is 0 Å². The van der Waals surface area contributed by atoms with E-state index in [1.54, 1.807) is 49.6 Å². The predicted molar refractivity (Wildman–Crippen MR) is 131 cm³/mol. The van der Waals surface area contributed by atoms with Crippen LogP contribution in [-0.4, -0.2) is 25.7 Å². The Morgan fingerprint density at radius 3 is 0.523 bits per heavy atom. The van der Waals surface area contributed by atoms with Crippen molar-refractivity contribution in [2.45, 2.75) is 13.8 Å². The zero-order valence-electron chi connectivity index (χ0n) is 21.7. The molecule has 25 nitrogen and oxygen atoms in total. The molecular weight excluding hydrogens is 772 g/mol. The Bertz CT molecular complexity index is 585. The van der Waals surface area contributed by atoms with Crippen LogP contribution in [0.2, 0.25) is 0 Å². The summed E-state index contributed by atoms with van der Waals surface area (Å²) in [6.07, 6.45) is 19.1. The number of aromatic nitrogens is 8. The van der Waals surface area contributed by atoms with Crippen LogP contribution in [0.1, 0.15) is 13.8 Å². The standard InChI is InChI=1S/4C3H3N2.C3H6O.4Fe.8NO/c4*1-2-5-3-4-1;1-3(2)4;;;;;8*1-2/h4*1-3H;1-2H3;;;;;;;;;;;;/q4*-1;;;;;;;;;;;;;. The molecule has 0 saturated carbocycles. The second-order valence-electron chi connectivity index (χ2n) is 3.76. The molecule has 0 bridgehead atoms. The van der Waals surface area contributed by atoms with Gasteiger partial charge in [0, 0.05) is 68.3 Å². The second-order valence-corrected chi connectivity index (χ2v) is 3.76. The van der Waals surface area contributed by atoms with Crippen LogP contribution >= 0.6 is 0 Å². The SMILES string of the molecule is CC(C)=O.[Fe].[Fe].[Fe].[Fe].[N]=O.[N]=O.[N]=O.[N]=O.[N]=O.[N]=O.[N]=O.[N]=O.c1c[n-]cn1.c1c[n-]cn1.c1c[n-]cn1.c1c[n-]cn1. The van der Waals surface area contributed by atoms with Gasteiger partial charge in [0.2, 0.25) is 0 Å². The van der Waals surface area contributed by atoms with Gasteiger partial charge in [-0.2, -0.15) is 0 Å². The number of hydrogen-bond donors (Lipinski definition) is 0. The molecule has 0 aliphatic carbocycles. The Balaban J connectivity index is -0.0000000219. The quantitative estimate of drug-likeness (QED) is 0.162. The molecule has 0 atom stereocenters. The average molecular weight is 790 g/mol. The van der Waals surface area contributed by atoms with Gasteiger partial charge in [-0.3, -0.25) is 0 Å². The minimum atomic E-state index is 0. The first-order chi connectivity index (χ1) is 19.7. The summed E-state index contributed by atoms with van der Waals surface area (Å²) in [5.41, 5.74) is 46.0. The zero-order chi connectivity index (χ0) is 33.7. The third-order valence-electron chi connectivity index (χ3n) is 1.49. The Morgan fingerprint density at radius 1 is 0.386 bits per heavy atom. The fraction of sp³-hybridized carbons (Fsp3) is 0.133. The summed E-state index contributed by atoms with van der Waals surface area (Å²) in [6.45, 7) is 3.06. The molecule has 0 unspecified atom stereocenters. The average Bonchev–Trinajstić information content (AvgIpc) is 3.90. The van der Waals surface area contributed by atoms with E-state index >= 15 is 0 Å². The first-order valence-corrected chi connectivity index (χ1v) is 8.13. The van der Waals surface area contributed by atoms with E-state index in [4.69, 9.17) is 84.0 Å². The molecule has 4 heterocycles. The maximum atomic E-state index is 9.44. The number of hydrogen-bond acceptors (Lipinski definition) is 13. The Hall–Kier alpha value is -4.61. The van der Waals surface area contributed by atoms with Crippen LogP contribution in [0, 0.1) is 39.3 Å². The van der Waals surface area contributed by atoms with Crippen molar-refractivity contribution in [3.63, 3.8) is 0 Å². The summed E-state index contributed by atoms with van der Waals surface area (Å²) in [6, 6.07) is 0. The smallest absolute Gasteiger partial charge is 0.126 e. The second kappa shape index (κ2) is 159. The van der Waals surface area contributed by atoms with Crippen molar-refractivity contribution in [2.75, 3.05) is 0 Å². The van der Waals surface area contributed by atoms with Crippen molar-refractivity contribution in [1.29, 1.82) is 0 Å². The van der Waals surface area contributed by atoms with Crippen molar-refractivity contribution in [1.82, 2.24) is 84.6 Å². The van der Waals surface area contributed by atoms with Crippen LogP contribution in [0.25, 0.3) is 0 Å². The number of nitroso groups, excluding NO2 is 8. The molecule has 8 radical (unpaired) electrons. The minimum Gasteiger partial charge on any atom is -0.450 e. The number of carbonyl (C=O) groups is 1. The fourth-order valence-corrected chi connectivity index (χ4v) is 0.770. The number of Topliss-reactive ketones (excluding diaryl/α,β-unsaturated/α-hetero) is 1. The first kappa shape index (κ1) is 83.4. The fourth-order valence-electron chi connectivity index (χ4n) is 0.770. The normalized spacial score (nSPS) is 4.95. The van der Waals surface area contributed by atoms with Crippen LogP contribution in [0.3, 0.4) is 0 Å². The van der Waals surface area contributed by atoms with Crippen molar-refractivity contribution in [3.05, 3.63) is 114 Å². The Morgan fingerprint density at radius 2 is 0.500 bits per heavy atom. The largest absolute Gasteiger partial charge is 0.450 e. The number of carbonyl (C=O) groups excluding carboxylic acids is 1. The molecule has 0 saturated heterocycles. The van der Waals surface area contributed by atoms with Crippen LogP contribution in [-0.2, 0) is 73.1 Å². The molecule has 248 valence electrons. The monoisotopic (exact) mass is 790 g/mol. The van der Waals surface area contributed by atoms with Gasteiger partial charge >= 0.3 is 0 Å². The van der Waals surface area contributed by atoms with E-state index in [2.05, 4.69) is 39.9 Å². The number of rotatable bonds is 0. The summed E-state index contributed by atoms with van der Waals surface area (Å²) in [4.78, 5) is 96.3. The third-order valence-corrected chi connectivity index (χ3v) is 1.49. The van der Waals surface area contributed by atoms with Gasteiger partial charge in [-0.05, 0) is 13.8 Å². The molecule has 0 spiro atoms. The van der Waals surface area contributed by atoms with E-state index in [0.29, 0.717) is 0 Å². The van der Waals surface area contributed by atoms with Gasteiger partial charge < -0.3 is 44.7 Å². The molecule has 0 aliphatic rings. The molecule has 29 heteroatoms. The van der Waals surface area contributed by atoms with Crippen molar-refractivity contribution < 1.29 is 73.1 Å². The van der Waals surface area contributed by atoms with Crippen LogP contribution in [0.4, 0.5) is 0 Å². The summed E-state index contributed by atoms with van der Waals surface area (Å²) >= 11 is 0. The Kier molecular flexibility index (Phi) is 301. The molecule has 0 fully saturated rings. The van der Waals surface area contributed by atoms with Crippen molar-refractivity contribution in [3.8, 4) is 0 Å². The molecule has 0 N–H and O–H groups in total. The van der Waals surface area contributed by atoms with Gasteiger partial charge in [-0.25, -0.2) is 0 Å².